The maximum atomic E-state index is 4.87. The third-order valence-electron chi connectivity index (χ3n) is 3.90. The summed E-state index contributed by atoms with van der Waals surface area (Å²) in [5.74, 6) is 3.41. The molecule has 20 heavy (non-hydrogen) atoms. The lowest BCUT2D eigenvalue weighted by molar-refractivity contribution is 0.689. The Morgan fingerprint density at radius 1 is 1.30 bits per heavy atom. The number of nitrogens with one attached hydrogen (secondary N) is 1. The van der Waals surface area contributed by atoms with E-state index in [-0.39, 0.29) is 0 Å². The topological polar surface area (TPSA) is 41.1 Å². The van der Waals surface area contributed by atoms with Crippen molar-refractivity contribution < 1.29 is 0 Å². The molecule has 0 unspecified atom stereocenters. The fourth-order valence-corrected chi connectivity index (χ4v) is 2.48. The third kappa shape index (κ3) is 3.22. The number of nitrogens with zero attached hydrogens (tertiary/aromatic N) is 3. The highest BCUT2D eigenvalue weighted by Gasteiger charge is 2.31. The Morgan fingerprint density at radius 2 is 2.00 bits per heavy atom. The van der Waals surface area contributed by atoms with Crippen molar-refractivity contribution in [3.8, 4) is 0 Å². The predicted octanol–water partition coefficient (Wildman–Crippen LogP) is 3.72. The molecule has 4 nitrogen and oxygen atoms in total. The molecule has 1 aromatic rings. The molecule has 1 aliphatic rings. The van der Waals surface area contributed by atoms with Gasteiger partial charge in [-0.05, 0) is 26.2 Å². The van der Waals surface area contributed by atoms with Crippen LogP contribution in [0.25, 0.3) is 0 Å². The van der Waals surface area contributed by atoms with E-state index in [0.29, 0.717) is 12.0 Å². The van der Waals surface area contributed by atoms with Crippen LogP contribution in [0.4, 0.5) is 11.6 Å². The van der Waals surface area contributed by atoms with Crippen LogP contribution >= 0.6 is 0 Å². The van der Waals surface area contributed by atoms with Crippen LogP contribution < -0.4 is 10.2 Å². The molecule has 1 aliphatic carbocycles. The molecule has 0 aromatic carbocycles. The van der Waals surface area contributed by atoms with Crippen LogP contribution in [0.1, 0.15) is 63.8 Å². The highest BCUT2D eigenvalue weighted by Crippen LogP contribution is 2.35. The van der Waals surface area contributed by atoms with E-state index in [1.54, 1.807) is 0 Å². The lowest BCUT2D eigenvalue weighted by Gasteiger charge is -2.26. The first-order valence-corrected chi connectivity index (χ1v) is 7.91. The van der Waals surface area contributed by atoms with Gasteiger partial charge in [0.25, 0.3) is 0 Å². The molecular formula is C16H28N4. The summed E-state index contributed by atoms with van der Waals surface area (Å²) in [6.07, 6.45) is 5.06. The van der Waals surface area contributed by atoms with E-state index in [0.717, 1.165) is 24.0 Å². The first-order chi connectivity index (χ1) is 9.58. The first-order valence-electron chi connectivity index (χ1n) is 7.91. The molecule has 2 rings (SSSR count). The zero-order valence-electron chi connectivity index (χ0n) is 13.5. The highest BCUT2D eigenvalue weighted by atomic mass is 15.2. The first kappa shape index (κ1) is 15.1. The van der Waals surface area contributed by atoms with Gasteiger partial charge in [-0.1, -0.05) is 27.2 Å². The standard InChI is InChI=1S/C16H28N4/c1-6-7-10-20(13-8-9-13)16-12(4)15(17-5)18-14(19-16)11(2)3/h11,13H,6-10H2,1-5H3,(H,17,18,19). The summed E-state index contributed by atoms with van der Waals surface area (Å²) in [5.41, 5.74) is 1.18. The molecule has 0 aliphatic heterocycles. The Labute approximate surface area is 123 Å². The van der Waals surface area contributed by atoms with Gasteiger partial charge in [0, 0.05) is 31.1 Å². The van der Waals surface area contributed by atoms with Crippen LogP contribution in [-0.2, 0) is 0 Å². The number of rotatable bonds is 7. The van der Waals surface area contributed by atoms with Crippen LogP contribution in [0.5, 0.6) is 0 Å². The Bertz CT molecular complexity index is 452. The van der Waals surface area contributed by atoms with Crippen molar-refractivity contribution in [2.45, 2.75) is 65.3 Å². The molecule has 0 bridgehead atoms. The van der Waals surface area contributed by atoms with Gasteiger partial charge >= 0.3 is 0 Å². The molecule has 1 aromatic heterocycles. The van der Waals surface area contributed by atoms with Gasteiger partial charge < -0.3 is 10.2 Å². The average molecular weight is 276 g/mol. The predicted molar refractivity (Wildman–Crippen MR) is 85.7 cm³/mol. The van der Waals surface area contributed by atoms with Gasteiger partial charge in [-0.3, -0.25) is 0 Å². The van der Waals surface area contributed by atoms with E-state index in [1.165, 1.54) is 31.2 Å². The molecule has 0 spiro atoms. The largest absolute Gasteiger partial charge is 0.373 e. The van der Waals surface area contributed by atoms with Crippen LogP contribution in [0.15, 0.2) is 0 Å². The van der Waals surface area contributed by atoms with E-state index in [1.807, 2.05) is 7.05 Å². The van der Waals surface area contributed by atoms with Gasteiger partial charge in [-0.25, -0.2) is 9.97 Å². The maximum absolute atomic E-state index is 4.87. The van der Waals surface area contributed by atoms with Gasteiger partial charge in [0.15, 0.2) is 0 Å². The van der Waals surface area contributed by atoms with E-state index < -0.39 is 0 Å². The summed E-state index contributed by atoms with van der Waals surface area (Å²) in [6, 6.07) is 0.694. The molecular weight excluding hydrogens is 248 g/mol. The molecule has 1 fully saturated rings. The summed E-state index contributed by atoms with van der Waals surface area (Å²) in [7, 11) is 1.94. The number of hydrogen-bond acceptors (Lipinski definition) is 4. The normalized spacial score (nSPS) is 14.7. The van der Waals surface area contributed by atoms with Crippen LogP contribution in [0, 0.1) is 6.92 Å². The van der Waals surface area contributed by atoms with Crippen LogP contribution in [-0.4, -0.2) is 29.6 Å². The second-order valence-corrected chi connectivity index (χ2v) is 6.06. The SMILES string of the molecule is CCCCN(c1nc(C(C)C)nc(NC)c1C)C1CC1. The number of aromatic nitrogens is 2. The fourth-order valence-electron chi connectivity index (χ4n) is 2.48. The van der Waals surface area contributed by atoms with Crippen LogP contribution in [0.2, 0.25) is 0 Å². The Hall–Kier alpha value is -1.32. The van der Waals surface area contributed by atoms with Crippen molar-refractivity contribution >= 4 is 11.6 Å². The smallest absolute Gasteiger partial charge is 0.137 e. The number of unbranched alkanes of at least 4 members (excludes halogenated alkanes) is 1. The summed E-state index contributed by atoms with van der Waals surface area (Å²) in [6.45, 7) is 9.80. The molecule has 112 valence electrons. The summed E-state index contributed by atoms with van der Waals surface area (Å²) < 4.78 is 0. The molecule has 1 heterocycles. The van der Waals surface area contributed by atoms with Crippen molar-refractivity contribution in [1.82, 2.24) is 9.97 Å². The zero-order valence-corrected chi connectivity index (χ0v) is 13.5. The molecule has 0 radical (unpaired) electrons. The zero-order chi connectivity index (χ0) is 14.7. The van der Waals surface area contributed by atoms with Crippen molar-refractivity contribution in [2.24, 2.45) is 0 Å². The molecule has 1 saturated carbocycles. The molecule has 1 N–H and O–H groups in total. The van der Waals surface area contributed by atoms with Gasteiger partial charge in [0.05, 0.1) is 0 Å². The summed E-state index contributed by atoms with van der Waals surface area (Å²) >= 11 is 0. The summed E-state index contributed by atoms with van der Waals surface area (Å²) in [5, 5.41) is 3.22. The van der Waals surface area contributed by atoms with Gasteiger partial charge in [0.2, 0.25) is 0 Å². The molecule has 0 atom stereocenters. The minimum atomic E-state index is 0.355. The monoisotopic (exact) mass is 276 g/mol. The van der Waals surface area contributed by atoms with Crippen molar-refractivity contribution in [3.05, 3.63) is 11.4 Å². The van der Waals surface area contributed by atoms with Crippen molar-refractivity contribution in [2.75, 3.05) is 23.8 Å². The maximum Gasteiger partial charge on any atom is 0.137 e. The summed E-state index contributed by atoms with van der Waals surface area (Å²) in [4.78, 5) is 12.0. The minimum Gasteiger partial charge on any atom is -0.373 e. The van der Waals surface area contributed by atoms with Crippen molar-refractivity contribution in [1.29, 1.82) is 0 Å². The van der Waals surface area contributed by atoms with E-state index in [9.17, 15) is 0 Å². The van der Waals surface area contributed by atoms with E-state index in [4.69, 9.17) is 4.98 Å². The average Bonchev–Trinajstić information content (AvgIpc) is 3.25. The molecule has 0 amide bonds. The van der Waals surface area contributed by atoms with Crippen LogP contribution in [0.3, 0.4) is 0 Å². The highest BCUT2D eigenvalue weighted by molar-refractivity contribution is 5.59. The Kier molecular flexibility index (Phi) is 4.84. The van der Waals surface area contributed by atoms with Gasteiger partial charge in [0.1, 0.15) is 17.5 Å². The third-order valence-corrected chi connectivity index (χ3v) is 3.90. The van der Waals surface area contributed by atoms with Gasteiger partial charge in [-0.2, -0.15) is 0 Å². The van der Waals surface area contributed by atoms with Gasteiger partial charge in [-0.15, -0.1) is 0 Å². The fraction of sp³-hybridized carbons (Fsp3) is 0.750. The lowest BCUT2D eigenvalue weighted by Crippen LogP contribution is -2.29. The molecule has 0 saturated heterocycles. The van der Waals surface area contributed by atoms with Crippen molar-refractivity contribution in [3.63, 3.8) is 0 Å². The second kappa shape index (κ2) is 6.42. The van der Waals surface area contributed by atoms with E-state index in [2.05, 4.69) is 42.9 Å². The minimum absolute atomic E-state index is 0.355. The quantitative estimate of drug-likeness (QED) is 0.824. The Morgan fingerprint density at radius 3 is 2.50 bits per heavy atom. The van der Waals surface area contributed by atoms with E-state index >= 15 is 0 Å². The number of hydrogen-bond donors (Lipinski definition) is 1. The lowest BCUT2D eigenvalue weighted by atomic mass is 10.2. The second-order valence-electron chi connectivity index (χ2n) is 6.06. The number of anilines is 2. The Balaban J connectivity index is 2.38. The molecule has 4 heteroatoms.